The summed E-state index contributed by atoms with van der Waals surface area (Å²) in [4.78, 5) is 26.8. The van der Waals surface area contributed by atoms with Gasteiger partial charge in [-0.3, -0.25) is 0 Å². The van der Waals surface area contributed by atoms with Gasteiger partial charge in [-0.1, -0.05) is 51.1 Å². The average Bonchev–Trinajstić information content (AvgIpc) is 2.93. The monoisotopic (exact) mass is 415 g/mol. The van der Waals surface area contributed by atoms with E-state index in [2.05, 4.69) is 13.8 Å². The molecule has 0 saturated heterocycles. The first-order valence-corrected chi connectivity index (χ1v) is 10.5. The topological polar surface area (TPSA) is 65.1 Å². The summed E-state index contributed by atoms with van der Waals surface area (Å²) in [5.41, 5.74) is 1.19. The molecule has 1 heterocycles. The molecule has 0 N–H and O–H groups in total. The van der Waals surface area contributed by atoms with E-state index in [0.29, 0.717) is 36.5 Å². The van der Waals surface area contributed by atoms with Crippen LogP contribution in [0.1, 0.15) is 59.9 Å². The Bertz CT molecular complexity index is 808. The molecule has 1 aromatic carbocycles. The van der Waals surface area contributed by atoms with Gasteiger partial charge in [0, 0.05) is 5.57 Å². The Morgan fingerprint density at radius 3 is 2.37 bits per heavy atom. The number of allylic oxidation sites excluding steroid dienone is 2. The van der Waals surface area contributed by atoms with E-state index in [0.717, 1.165) is 5.56 Å². The molecule has 1 aromatic rings. The van der Waals surface area contributed by atoms with Crippen molar-refractivity contribution < 1.29 is 23.8 Å². The first-order valence-electron chi connectivity index (χ1n) is 10.5. The summed E-state index contributed by atoms with van der Waals surface area (Å²) in [5.74, 6) is 0.413. The van der Waals surface area contributed by atoms with Crippen molar-refractivity contribution in [2.75, 3.05) is 6.61 Å². The first-order chi connectivity index (χ1) is 14.2. The van der Waals surface area contributed by atoms with Crippen LogP contribution in [0.4, 0.5) is 4.79 Å². The molecule has 30 heavy (non-hydrogen) atoms. The molecule has 1 aliphatic rings. The van der Waals surface area contributed by atoms with E-state index >= 15 is 0 Å². The number of benzene rings is 1. The molecular formula is C24H33NO5. The number of esters is 1. The zero-order chi connectivity index (χ0) is 22.3. The lowest BCUT2D eigenvalue weighted by molar-refractivity contribution is -0.138. The molecule has 0 bridgehead atoms. The Morgan fingerprint density at radius 1 is 1.13 bits per heavy atom. The van der Waals surface area contributed by atoms with Crippen molar-refractivity contribution in [3.8, 4) is 0 Å². The second-order valence-corrected chi connectivity index (χ2v) is 8.08. The molecule has 0 fully saturated rings. The van der Waals surface area contributed by atoms with Gasteiger partial charge >= 0.3 is 12.1 Å². The Morgan fingerprint density at radius 2 is 1.80 bits per heavy atom. The smallest absolute Gasteiger partial charge is 0.417 e. The summed E-state index contributed by atoms with van der Waals surface area (Å²) in [6, 6.07) is 9.54. The minimum absolute atomic E-state index is 0.176. The lowest BCUT2D eigenvalue weighted by atomic mass is 10.0. The minimum Gasteiger partial charge on any atom is -0.466 e. The molecule has 6 nitrogen and oxygen atoms in total. The van der Waals surface area contributed by atoms with Gasteiger partial charge in [0.25, 0.3) is 0 Å². The molecule has 0 radical (unpaired) electrons. The van der Waals surface area contributed by atoms with Crippen molar-refractivity contribution in [2.45, 2.75) is 66.7 Å². The lowest BCUT2D eigenvalue weighted by Gasteiger charge is -2.31. The zero-order valence-electron chi connectivity index (χ0n) is 18.9. The van der Waals surface area contributed by atoms with Gasteiger partial charge in [-0.05, 0) is 51.2 Å². The van der Waals surface area contributed by atoms with Gasteiger partial charge < -0.3 is 14.2 Å². The van der Waals surface area contributed by atoms with E-state index in [1.165, 1.54) is 0 Å². The number of carbonyl (C=O) groups is 2. The second-order valence-electron chi connectivity index (χ2n) is 8.08. The SMILES string of the molecule is CCOC(=O)C(=CC1=C(CC(C)C)N(C(=O)OCc2ccccc2)C(C)(C)O1)CC. The molecule has 6 heteroatoms. The maximum absolute atomic E-state index is 13.0. The van der Waals surface area contributed by atoms with E-state index in [9.17, 15) is 9.59 Å². The Labute approximate surface area is 179 Å². The minimum atomic E-state index is -0.933. The fourth-order valence-electron chi connectivity index (χ4n) is 3.30. The maximum atomic E-state index is 13.0. The van der Waals surface area contributed by atoms with E-state index in [1.54, 1.807) is 17.9 Å². The summed E-state index contributed by atoms with van der Waals surface area (Å²) >= 11 is 0. The van der Waals surface area contributed by atoms with E-state index < -0.39 is 11.8 Å². The van der Waals surface area contributed by atoms with Gasteiger partial charge in [0.05, 0.1) is 12.3 Å². The quantitative estimate of drug-likeness (QED) is 0.411. The van der Waals surface area contributed by atoms with Gasteiger partial charge in [0.15, 0.2) is 5.72 Å². The number of carbonyl (C=O) groups excluding carboxylic acids is 2. The normalized spacial score (nSPS) is 16.0. The lowest BCUT2D eigenvalue weighted by Crippen LogP contribution is -2.44. The number of rotatable bonds is 8. The van der Waals surface area contributed by atoms with E-state index in [1.807, 2.05) is 51.1 Å². The van der Waals surface area contributed by atoms with Crippen LogP contribution in [0.5, 0.6) is 0 Å². The fourth-order valence-corrected chi connectivity index (χ4v) is 3.30. The summed E-state index contributed by atoms with van der Waals surface area (Å²) in [6.07, 6.45) is 2.33. The highest BCUT2D eigenvalue weighted by Crippen LogP contribution is 2.39. The summed E-state index contributed by atoms with van der Waals surface area (Å²) in [7, 11) is 0. The van der Waals surface area contributed by atoms with Crippen molar-refractivity contribution in [3.05, 3.63) is 59.0 Å². The third kappa shape index (κ3) is 5.88. The molecule has 0 aromatic heterocycles. The molecule has 2 rings (SSSR count). The average molecular weight is 416 g/mol. The largest absolute Gasteiger partial charge is 0.466 e. The van der Waals surface area contributed by atoms with Crippen molar-refractivity contribution in [2.24, 2.45) is 5.92 Å². The van der Waals surface area contributed by atoms with Crippen LogP contribution in [-0.2, 0) is 25.6 Å². The molecule has 0 saturated carbocycles. The molecule has 0 spiro atoms. The van der Waals surface area contributed by atoms with Crippen molar-refractivity contribution in [1.29, 1.82) is 0 Å². The number of hydrogen-bond acceptors (Lipinski definition) is 5. The van der Waals surface area contributed by atoms with Crippen LogP contribution in [0.2, 0.25) is 0 Å². The molecular weight excluding hydrogens is 382 g/mol. The standard InChI is InChI=1S/C24H33NO5/c1-7-19(22(26)28-8-2)15-21-20(14-17(3)4)25(24(5,6)30-21)23(27)29-16-18-12-10-9-11-13-18/h9-13,15,17H,7-8,14,16H2,1-6H3. The van der Waals surface area contributed by atoms with E-state index in [4.69, 9.17) is 14.2 Å². The molecule has 0 aliphatic carbocycles. The van der Waals surface area contributed by atoms with Crippen LogP contribution in [0, 0.1) is 5.92 Å². The molecule has 0 atom stereocenters. The highest BCUT2D eigenvalue weighted by atomic mass is 16.6. The molecule has 1 aliphatic heterocycles. The van der Waals surface area contributed by atoms with Crippen LogP contribution in [0.15, 0.2) is 53.4 Å². The van der Waals surface area contributed by atoms with Gasteiger partial charge in [-0.25, -0.2) is 14.5 Å². The van der Waals surface area contributed by atoms with Crippen LogP contribution < -0.4 is 0 Å². The van der Waals surface area contributed by atoms with Crippen molar-refractivity contribution in [1.82, 2.24) is 4.90 Å². The number of amides is 1. The van der Waals surface area contributed by atoms with E-state index in [-0.39, 0.29) is 18.5 Å². The van der Waals surface area contributed by atoms with Crippen LogP contribution in [0.25, 0.3) is 0 Å². The van der Waals surface area contributed by atoms with Gasteiger partial charge in [-0.15, -0.1) is 0 Å². The predicted molar refractivity (Wildman–Crippen MR) is 115 cm³/mol. The molecule has 1 amide bonds. The third-order valence-electron chi connectivity index (χ3n) is 4.67. The molecule has 164 valence electrons. The summed E-state index contributed by atoms with van der Waals surface area (Å²) in [6.45, 7) is 11.9. The second kappa shape index (κ2) is 10.3. The first kappa shape index (κ1) is 23.5. The van der Waals surface area contributed by atoms with Crippen LogP contribution in [0.3, 0.4) is 0 Å². The summed E-state index contributed by atoms with van der Waals surface area (Å²) in [5, 5.41) is 0. The Hall–Kier alpha value is -2.76. The van der Waals surface area contributed by atoms with Crippen LogP contribution >= 0.6 is 0 Å². The highest BCUT2D eigenvalue weighted by molar-refractivity contribution is 5.89. The van der Waals surface area contributed by atoms with Crippen LogP contribution in [-0.4, -0.2) is 29.3 Å². The van der Waals surface area contributed by atoms with Gasteiger partial charge in [-0.2, -0.15) is 0 Å². The zero-order valence-corrected chi connectivity index (χ0v) is 18.9. The number of nitrogens with zero attached hydrogens (tertiary/aromatic N) is 1. The van der Waals surface area contributed by atoms with Gasteiger partial charge in [0.1, 0.15) is 12.4 Å². The van der Waals surface area contributed by atoms with Crippen molar-refractivity contribution >= 4 is 12.1 Å². The Balaban J connectivity index is 2.35. The van der Waals surface area contributed by atoms with Gasteiger partial charge in [0.2, 0.25) is 0 Å². The Kier molecular flexibility index (Phi) is 8.09. The fraction of sp³-hybridized carbons (Fsp3) is 0.500. The maximum Gasteiger partial charge on any atom is 0.417 e. The summed E-state index contributed by atoms with van der Waals surface area (Å²) < 4.78 is 16.9. The third-order valence-corrected chi connectivity index (χ3v) is 4.67. The predicted octanol–water partition coefficient (Wildman–Crippen LogP) is 5.55. The number of ether oxygens (including phenoxy) is 3. The van der Waals surface area contributed by atoms with Crippen molar-refractivity contribution in [3.63, 3.8) is 0 Å². The number of hydrogen-bond donors (Lipinski definition) is 0. The molecule has 0 unspecified atom stereocenters. The highest BCUT2D eigenvalue weighted by Gasteiger charge is 2.44.